The highest BCUT2D eigenvalue weighted by Gasteiger charge is 2.07. The number of hydrogen-bond acceptors (Lipinski definition) is 3. The molecule has 70 valence electrons. The number of nitrogens with one attached hydrogen (secondary N) is 1. The molecule has 0 unspecified atom stereocenters. The van der Waals surface area contributed by atoms with Crippen LogP contribution in [0, 0.1) is 12.3 Å². The number of benzene rings is 1. The molecule has 0 bridgehead atoms. The fraction of sp³-hybridized carbons (Fsp3) is 0.222. The van der Waals surface area contributed by atoms with Gasteiger partial charge in [0, 0.05) is 6.54 Å². The predicted octanol–water partition coefficient (Wildman–Crippen LogP) is 0.443. The van der Waals surface area contributed by atoms with Crippen molar-refractivity contribution in [3.63, 3.8) is 0 Å². The Morgan fingerprint density at radius 1 is 1.54 bits per heavy atom. The molecule has 0 aliphatic rings. The van der Waals surface area contributed by atoms with Crippen molar-refractivity contribution in [1.82, 2.24) is 0 Å². The number of nitrogens with two attached hydrogens (primary N) is 2. The van der Waals surface area contributed by atoms with Crippen LogP contribution in [0.1, 0.15) is 16.7 Å². The maximum absolute atomic E-state index is 9.44. The summed E-state index contributed by atoms with van der Waals surface area (Å²) in [6, 6.07) is 3.21. The number of hydrogen-bond donors (Lipinski definition) is 4. The number of phenols is 1. The minimum absolute atomic E-state index is 0.0125. The number of nitrogen functional groups attached to an aromatic ring is 1. The zero-order valence-corrected chi connectivity index (χ0v) is 7.46. The van der Waals surface area contributed by atoms with E-state index in [2.05, 4.69) is 0 Å². The van der Waals surface area contributed by atoms with Crippen molar-refractivity contribution in [1.29, 1.82) is 5.41 Å². The standard InChI is InChI=1S/C9H13N3O/c1-5-2-7(9(11)12)8(13)3-6(5)4-10/h2-3,13H,4,10H2,1H3,(H3,11,12). The summed E-state index contributed by atoms with van der Waals surface area (Å²) in [7, 11) is 0. The van der Waals surface area contributed by atoms with Gasteiger partial charge in [-0.05, 0) is 30.2 Å². The van der Waals surface area contributed by atoms with Crippen molar-refractivity contribution >= 4 is 5.84 Å². The minimum Gasteiger partial charge on any atom is -0.507 e. The number of aromatic hydroxyl groups is 1. The number of phenolic OH excluding ortho intramolecular Hbond substituents is 1. The van der Waals surface area contributed by atoms with Crippen LogP contribution in [-0.2, 0) is 6.54 Å². The summed E-state index contributed by atoms with van der Waals surface area (Å²) in [6.07, 6.45) is 0. The third kappa shape index (κ3) is 1.78. The van der Waals surface area contributed by atoms with Gasteiger partial charge in [-0.2, -0.15) is 0 Å². The van der Waals surface area contributed by atoms with Crippen LogP contribution in [0.4, 0.5) is 0 Å². The summed E-state index contributed by atoms with van der Waals surface area (Å²) in [6.45, 7) is 2.24. The molecular weight excluding hydrogens is 166 g/mol. The Labute approximate surface area is 76.7 Å². The molecular formula is C9H13N3O. The molecule has 13 heavy (non-hydrogen) atoms. The van der Waals surface area contributed by atoms with E-state index in [1.54, 1.807) is 12.1 Å². The molecule has 1 aromatic carbocycles. The quantitative estimate of drug-likeness (QED) is 0.392. The van der Waals surface area contributed by atoms with Gasteiger partial charge in [0.1, 0.15) is 11.6 Å². The van der Waals surface area contributed by atoms with Gasteiger partial charge in [-0.15, -0.1) is 0 Å². The van der Waals surface area contributed by atoms with Gasteiger partial charge in [-0.1, -0.05) is 0 Å². The molecule has 1 aromatic rings. The van der Waals surface area contributed by atoms with Gasteiger partial charge in [0.2, 0.25) is 0 Å². The Hall–Kier alpha value is -1.55. The lowest BCUT2D eigenvalue weighted by atomic mass is 10.0. The zero-order chi connectivity index (χ0) is 10.0. The summed E-state index contributed by atoms with van der Waals surface area (Å²) < 4.78 is 0. The molecule has 0 aliphatic heterocycles. The molecule has 0 radical (unpaired) electrons. The largest absolute Gasteiger partial charge is 0.507 e. The van der Waals surface area contributed by atoms with E-state index in [9.17, 15) is 5.11 Å². The van der Waals surface area contributed by atoms with Crippen molar-refractivity contribution in [3.8, 4) is 5.75 Å². The van der Waals surface area contributed by atoms with E-state index in [-0.39, 0.29) is 11.6 Å². The van der Waals surface area contributed by atoms with Crippen LogP contribution in [0.25, 0.3) is 0 Å². The van der Waals surface area contributed by atoms with E-state index in [4.69, 9.17) is 16.9 Å². The van der Waals surface area contributed by atoms with Crippen LogP contribution in [0.2, 0.25) is 0 Å². The van der Waals surface area contributed by atoms with Gasteiger partial charge >= 0.3 is 0 Å². The molecule has 4 nitrogen and oxygen atoms in total. The van der Waals surface area contributed by atoms with E-state index >= 15 is 0 Å². The SMILES string of the molecule is Cc1cc(C(=N)N)c(O)cc1CN. The fourth-order valence-electron chi connectivity index (χ4n) is 1.18. The van der Waals surface area contributed by atoms with Crippen LogP contribution in [0.3, 0.4) is 0 Å². The van der Waals surface area contributed by atoms with Crippen LogP contribution < -0.4 is 11.5 Å². The monoisotopic (exact) mass is 179 g/mol. The summed E-state index contributed by atoms with van der Waals surface area (Å²) >= 11 is 0. The molecule has 1 rings (SSSR count). The van der Waals surface area contributed by atoms with Crippen LogP contribution in [0.5, 0.6) is 5.75 Å². The van der Waals surface area contributed by atoms with Gasteiger partial charge in [0.15, 0.2) is 0 Å². The van der Waals surface area contributed by atoms with Crippen molar-refractivity contribution in [3.05, 3.63) is 28.8 Å². The van der Waals surface area contributed by atoms with Gasteiger partial charge < -0.3 is 16.6 Å². The van der Waals surface area contributed by atoms with Crippen molar-refractivity contribution in [2.45, 2.75) is 13.5 Å². The Kier molecular flexibility index (Phi) is 2.53. The topological polar surface area (TPSA) is 96.1 Å². The maximum Gasteiger partial charge on any atom is 0.126 e. The summed E-state index contributed by atoms with van der Waals surface area (Å²) in [4.78, 5) is 0. The van der Waals surface area contributed by atoms with E-state index < -0.39 is 0 Å². The lowest BCUT2D eigenvalue weighted by molar-refractivity contribution is 0.473. The second-order valence-electron chi connectivity index (χ2n) is 2.91. The van der Waals surface area contributed by atoms with Crippen molar-refractivity contribution < 1.29 is 5.11 Å². The summed E-state index contributed by atoms with van der Waals surface area (Å²) in [5, 5.41) is 16.6. The van der Waals surface area contributed by atoms with Crippen LogP contribution in [-0.4, -0.2) is 10.9 Å². The minimum atomic E-state index is -0.135. The van der Waals surface area contributed by atoms with Crippen molar-refractivity contribution in [2.24, 2.45) is 11.5 Å². The average molecular weight is 179 g/mol. The van der Waals surface area contributed by atoms with Gasteiger partial charge in [0.05, 0.1) is 5.56 Å². The highest BCUT2D eigenvalue weighted by molar-refractivity contribution is 5.97. The molecule has 0 saturated heterocycles. The highest BCUT2D eigenvalue weighted by Crippen LogP contribution is 2.21. The average Bonchev–Trinajstić information content (AvgIpc) is 2.07. The molecule has 0 aromatic heterocycles. The summed E-state index contributed by atoms with van der Waals surface area (Å²) in [5.74, 6) is -0.122. The van der Waals surface area contributed by atoms with Gasteiger partial charge in [-0.3, -0.25) is 5.41 Å². The molecule has 0 saturated carbocycles. The fourth-order valence-corrected chi connectivity index (χ4v) is 1.18. The Morgan fingerprint density at radius 3 is 2.62 bits per heavy atom. The Balaban J connectivity index is 3.28. The molecule has 0 heterocycles. The third-order valence-corrected chi connectivity index (χ3v) is 1.96. The van der Waals surface area contributed by atoms with Crippen LogP contribution >= 0.6 is 0 Å². The molecule has 0 amide bonds. The Morgan fingerprint density at radius 2 is 2.15 bits per heavy atom. The van der Waals surface area contributed by atoms with E-state index in [1.807, 2.05) is 6.92 Å². The van der Waals surface area contributed by atoms with E-state index in [0.717, 1.165) is 11.1 Å². The first-order chi connectivity index (χ1) is 6.06. The van der Waals surface area contributed by atoms with Crippen LogP contribution in [0.15, 0.2) is 12.1 Å². The first-order valence-corrected chi connectivity index (χ1v) is 3.93. The smallest absolute Gasteiger partial charge is 0.126 e. The molecule has 0 fully saturated rings. The first-order valence-electron chi connectivity index (χ1n) is 3.93. The second kappa shape index (κ2) is 3.45. The predicted molar refractivity (Wildman–Crippen MR) is 51.8 cm³/mol. The molecule has 6 N–H and O–H groups in total. The molecule has 4 heteroatoms. The number of rotatable bonds is 2. The molecule has 0 aliphatic carbocycles. The molecule has 0 spiro atoms. The van der Waals surface area contributed by atoms with E-state index in [0.29, 0.717) is 12.1 Å². The van der Waals surface area contributed by atoms with Gasteiger partial charge in [0.25, 0.3) is 0 Å². The Bertz CT molecular complexity index is 347. The van der Waals surface area contributed by atoms with Gasteiger partial charge in [-0.25, -0.2) is 0 Å². The normalized spacial score (nSPS) is 10.0. The van der Waals surface area contributed by atoms with E-state index in [1.165, 1.54) is 0 Å². The molecule has 0 atom stereocenters. The summed E-state index contributed by atoms with van der Waals surface area (Å²) in [5.41, 5.74) is 12.9. The zero-order valence-electron chi connectivity index (χ0n) is 7.46. The lowest BCUT2D eigenvalue weighted by Gasteiger charge is -2.08. The number of amidine groups is 1. The van der Waals surface area contributed by atoms with Crippen molar-refractivity contribution in [2.75, 3.05) is 0 Å². The third-order valence-electron chi connectivity index (χ3n) is 1.96. The maximum atomic E-state index is 9.44. The first kappa shape index (κ1) is 9.54. The lowest BCUT2D eigenvalue weighted by Crippen LogP contribution is -2.12. The number of aryl methyl sites for hydroxylation is 1. The second-order valence-corrected chi connectivity index (χ2v) is 2.91. The highest BCUT2D eigenvalue weighted by atomic mass is 16.3.